The van der Waals surface area contributed by atoms with E-state index in [9.17, 15) is 0 Å². The Balaban J connectivity index is 1.98. The molecule has 160 valence electrons. The summed E-state index contributed by atoms with van der Waals surface area (Å²) in [5, 5.41) is 0. The monoisotopic (exact) mass is 411 g/mol. The predicted molar refractivity (Wildman–Crippen MR) is 131 cm³/mol. The molecule has 0 aliphatic heterocycles. The maximum atomic E-state index is 5.01. The van der Waals surface area contributed by atoms with E-state index in [0.29, 0.717) is 0 Å². The molecule has 0 fully saturated rings. The maximum Gasteiger partial charge on any atom is 0.137 e. The van der Waals surface area contributed by atoms with Gasteiger partial charge in [-0.25, -0.2) is 0 Å². The van der Waals surface area contributed by atoms with E-state index in [4.69, 9.17) is 4.98 Å². The Morgan fingerprint density at radius 1 is 0.645 bits per heavy atom. The van der Waals surface area contributed by atoms with Crippen LogP contribution in [-0.4, -0.2) is 27.6 Å². The Morgan fingerprint density at radius 2 is 0.968 bits per heavy atom. The number of benzene rings is 2. The molecule has 3 nitrogen and oxygen atoms in total. The van der Waals surface area contributed by atoms with Crippen molar-refractivity contribution in [1.29, 1.82) is 0 Å². The van der Waals surface area contributed by atoms with Gasteiger partial charge >= 0.3 is 0 Å². The standard InChI is InChI=1S/C28H33N3/c1-18-16-25(23(6)30(8)27-19(2)12-10-13-20(27)3)29-26(17-18)24(7)31(9)28-21(4)14-11-15-22(28)5/h10-17H,8-9H2,1-7H3. The van der Waals surface area contributed by atoms with E-state index in [-0.39, 0.29) is 0 Å². The summed E-state index contributed by atoms with van der Waals surface area (Å²) in [4.78, 5) is 5.01. The quantitative estimate of drug-likeness (QED) is 0.257. The molecule has 0 saturated carbocycles. The molecule has 0 saturated heterocycles. The van der Waals surface area contributed by atoms with Gasteiger partial charge in [-0.15, -0.1) is 17.7 Å². The van der Waals surface area contributed by atoms with Crippen molar-refractivity contribution in [3.8, 4) is 0 Å². The van der Waals surface area contributed by atoms with Gasteiger partial charge in [-0.05, 0) is 63.8 Å². The lowest BCUT2D eigenvalue weighted by Crippen LogP contribution is -2.18. The van der Waals surface area contributed by atoms with E-state index >= 15 is 0 Å². The van der Waals surface area contributed by atoms with Crippen LogP contribution in [0.25, 0.3) is 0 Å². The molecule has 0 spiro atoms. The van der Waals surface area contributed by atoms with Crippen LogP contribution >= 0.6 is 0 Å². The molecular weight excluding hydrogens is 378 g/mol. The molecule has 3 aromatic rings. The Bertz CT molecular complexity index is 1030. The summed E-state index contributed by atoms with van der Waals surface area (Å²) in [5.41, 5.74) is 10.0. The van der Waals surface area contributed by atoms with Gasteiger partial charge in [-0.3, -0.25) is 14.1 Å². The van der Waals surface area contributed by atoms with E-state index in [2.05, 4.69) is 110 Å². The number of pyridine rings is 1. The van der Waals surface area contributed by atoms with Gasteiger partial charge in [-0.1, -0.05) is 43.3 Å². The zero-order valence-electron chi connectivity index (χ0n) is 19.9. The molecule has 0 atom stereocenters. The van der Waals surface area contributed by atoms with Crippen LogP contribution < -0.4 is 0 Å². The smallest absolute Gasteiger partial charge is 0.137 e. The minimum Gasteiger partial charge on any atom is -0.290 e. The van der Waals surface area contributed by atoms with Crippen LogP contribution in [0.2, 0.25) is 0 Å². The lowest BCUT2D eigenvalue weighted by Gasteiger charge is -2.24. The molecule has 3 rings (SSSR count). The first kappa shape index (κ1) is 22.4. The fourth-order valence-electron chi connectivity index (χ4n) is 4.11. The van der Waals surface area contributed by atoms with Crippen LogP contribution in [-0.2, 0) is 0 Å². The maximum absolute atomic E-state index is 5.01. The van der Waals surface area contributed by atoms with Crippen LogP contribution in [0.5, 0.6) is 0 Å². The van der Waals surface area contributed by atoms with Crippen LogP contribution in [0.15, 0.2) is 48.5 Å². The summed E-state index contributed by atoms with van der Waals surface area (Å²) in [7, 11) is 0. The van der Waals surface area contributed by atoms with Crippen molar-refractivity contribution >= 4 is 24.8 Å². The van der Waals surface area contributed by atoms with E-state index in [1.54, 1.807) is 0 Å². The number of hydrogen-bond donors (Lipinski definition) is 0. The summed E-state index contributed by atoms with van der Waals surface area (Å²) in [6, 6.07) is 18.9. The largest absolute Gasteiger partial charge is 0.290 e. The number of para-hydroxylation sites is 2. The molecule has 0 aliphatic carbocycles. The number of rotatable bonds is 6. The third-order valence-electron chi connectivity index (χ3n) is 5.94. The number of nitrogens with zero attached hydrogens (tertiary/aromatic N) is 3. The fraction of sp³-hybridized carbons (Fsp3) is 0.250. The second kappa shape index (κ2) is 8.81. The van der Waals surface area contributed by atoms with Crippen LogP contribution in [0.3, 0.4) is 0 Å². The molecule has 0 bridgehead atoms. The zero-order chi connectivity index (χ0) is 22.9. The third-order valence-corrected chi connectivity index (χ3v) is 5.94. The third kappa shape index (κ3) is 4.41. The first-order valence-corrected chi connectivity index (χ1v) is 10.6. The molecule has 0 unspecified atom stereocenters. The van der Waals surface area contributed by atoms with Crippen molar-refractivity contribution in [2.24, 2.45) is 0 Å². The SMILES string of the molecule is C=[N+](c1c(C)cccc1C)[C-](C)c1cc(C)cc([C-](C)[N+](=C)c2c(C)cccc2C)n1. The van der Waals surface area contributed by atoms with Gasteiger partial charge in [-0.2, -0.15) is 0 Å². The van der Waals surface area contributed by atoms with E-state index in [1.165, 1.54) is 22.3 Å². The van der Waals surface area contributed by atoms with Crippen LogP contribution in [0, 0.1) is 46.7 Å². The van der Waals surface area contributed by atoms with Gasteiger partial charge in [0.2, 0.25) is 0 Å². The molecule has 31 heavy (non-hydrogen) atoms. The summed E-state index contributed by atoms with van der Waals surface area (Å²) in [6.45, 7) is 23.4. The average Bonchev–Trinajstić information content (AvgIpc) is 2.71. The zero-order valence-corrected chi connectivity index (χ0v) is 19.9. The van der Waals surface area contributed by atoms with Crippen molar-refractivity contribution < 1.29 is 9.15 Å². The minimum atomic E-state index is 0.918. The van der Waals surface area contributed by atoms with Gasteiger partial charge in [0, 0.05) is 11.4 Å². The highest BCUT2D eigenvalue weighted by molar-refractivity contribution is 5.51. The van der Waals surface area contributed by atoms with Gasteiger partial charge in [0.05, 0.1) is 13.4 Å². The molecular formula is C28H33N3. The van der Waals surface area contributed by atoms with Crippen molar-refractivity contribution in [2.75, 3.05) is 0 Å². The normalized spacial score (nSPS) is 10.7. The second-order valence-corrected chi connectivity index (χ2v) is 8.42. The summed E-state index contributed by atoms with van der Waals surface area (Å²) >= 11 is 0. The highest BCUT2D eigenvalue weighted by atomic mass is 15.1. The topological polar surface area (TPSA) is 18.9 Å². The fourth-order valence-corrected chi connectivity index (χ4v) is 4.11. The van der Waals surface area contributed by atoms with Crippen molar-refractivity contribution in [3.63, 3.8) is 0 Å². The van der Waals surface area contributed by atoms with Gasteiger partial charge < -0.3 is 0 Å². The molecule has 2 aromatic carbocycles. The molecule has 0 aliphatic rings. The van der Waals surface area contributed by atoms with Gasteiger partial charge in [0.15, 0.2) is 0 Å². The van der Waals surface area contributed by atoms with Gasteiger partial charge in [0.1, 0.15) is 23.5 Å². The lowest BCUT2D eigenvalue weighted by molar-refractivity contribution is -0.410. The Hall–Kier alpha value is -3.33. The number of aromatic nitrogens is 1. The van der Waals surface area contributed by atoms with E-state index in [0.717, 1.165) is 40.4 Å². The van der Waals surface area contributed by atoms with Crippen molar-refractivity contribution in [2.45, 2.75) is 48.5 Å². The molecule has 0 N–H and O–H groups in total. The first-order valence-electron chi connectivity index (χ1n) is 10.6. The average molecular weight is 412 g/mol. The summed E-state index contributed by atoms with van der Waals surface area (Å²) in [5.74, 6) is 0. The van der Waals surface area contributed by atoms with Crippen molar-refractivity contribution in [3.05, 3.63) is 99.8 Å². The van der Waals surface area contributed by atoms with E-state index in [1.807, 2.05) is 9.15 Å². The Morgan fingerprint density at radius 3 is 1.29 bits per heavy atom. The molecule has 0 amide bonds. The van der Waals surface area contributed by atoms with Gasteiger partial charge in [0.25, 0.3) is 0 Å². The highest BCUT2D eigenvalue weighted by Crippen LogP contribution is 2.31. The van der Waals surface area contributed by atoms with Crippen LogP contribution in [0.4, 0.5) is 11.4 Å². The van der Waals surface area contributed by atoms with Crippen LogP contribution in [0.1, 0.15) is 53.1 Å². The second-order valence-electron chi connectivity index (χ2n) is 8.42. The summed E-state index contributed by atoms with van der Waals surface area (Å²) in [6.07, 6.45) is 0. The first-order chi connectivity index (χ1) is 14.6. The van der Waals surface area contributed by atoms with E-state index < -0.39 is 0 Å². The molecule has 0 radical (unpaired) electrons. The Labute approximate surface area is 187 Å². The summed E-state index contributed by atoms with van der Waals surface area (Å²) < 4.78 is 4.00. The molecule has 1 aromatic heterocycles. The van der Waals surface area contributed by atoms with Crippen molar-refractivity contribution in [1.82, 2.24) is 4.98 Å². The minimum absolute atomic E-state index is 0.918. The highest BCUT2D eigenvalue weighted by Gasteiger charge is 2.21. The Kier molecular flexibility index (Phi) is 6.35. The number of aryl methyl sites for hydroxylation is 5. The predicted octanol–water partition coefficient (Wildman–Crippen LogP) is 6.51. The molecule has 1 heterocycles. The number of hydrogen-bond acceptors (Lipinski definition) is 1. The molecule has 3 heteroatoms. The lowest BCUT2D eigenvalue weighted by atomic mass is 10.0.